The Morgan fingerprint density at radius 2 is 2.08 bits per heavy atom. The van der Waals surface area contributed by atoms with E-state index in [-0.39, 0.29) is 0 Å². The first-order chi connectivity index (χ1) is 6.30. The molecule has 1 heterocycles. The number of aromatic amines is 1. The molecule has 0 fully saturated rings. The first kappa shape index (κ1) is 10.2. The maximum atomic E-state index is 3.67. The molecule has 1 aromatic carbocycles. The summed E-state index contributed by atoms with van der Waals surface area (Å²) >= 11 is 2.32. The molecule has 2 nitrogen and oxygen atoms in total. The van der Waals surface area contributed by atoms with Crippen LogP contribution in [0.5, 0.6) is 0 Å². The van der Waals surface area contributed by atoms with Crippen molar-refractivity contribution < 1.29 is 0 Å². The molecule has 0 bridgehead atoms. The molecule has 0 saturated heterocycles. The fraction of sp³-hybridized carbons (Fsp3) is 0.100. The van der Waals surface area contributed by atoms with Crippen molar-refractivity contribution in [2.24, 2.45) is 0 Å². The van der Waals surface area contributed by atoms with Crippen LogP contribution in [0.1, 0.15) is 5.56 Å². The SMILES string of the molecule is Cc1ccccc1I.c1c[nH]cn1. The number of H-pyrrole nitrogens is 1. The Balaban J connectivity index is 0.000000145. The summed E-state index contributed by atoms with van der Waals surface area (Å²) in [4.78, 5) is 6.42. The number of rotatable bonds is 0. The van der Waals surface area contributed by atoms with Gasteiger partial charge < -0.3 is 4.98 Å². The second-order valence-corrected chi connectivity index (χ2v) is 3.67. The van der Waals surface area contributed by atoms with Crippen molar-refractivity contribution in [1.29, 1.82) is 0 Å². The van der Waals surface area contributed by atoms with Crippen LogP contribution >= 0.6 is 22.6 Å². The van der Waals surface area contributed by atoms with Crippen LogP contribution in [0, 0.1) is 10.5 Å². The summed E-state index contributed by atoms with van der Waals surface area (Å²) in [5.74, 6) is 0. The third-order valence-electron chi connectivity index (χ3n) is 1.48. The van der Waals surface area contributed by atoms with E-state index in [1.807, 2.05) is 0 Å². The smallest absolute Gasteiger partial charge is 0.0919 e. The molecule has 13 heavy (non-hydrogen) atoms. The van der Waals surface area contributed by atoms with Gasteiger partial charge in [-0.2, -0.15) is 0 Å². The number of aryl methyl sites for hydroxylation is 1. The lowest BCUT2D eigenvalue weighted by molar-refractivity contribution is 1.31. The van der Waals surface area contributed by atoms with Gasteiger partial charge in [-0.1, -0.05) is 18.2 Å². The van der Waals surface area contributed by atoms with Crippen molar-refractivity contribution in [3.05, 3.63) is 52.1 Å². The number of hydrogen-bond acceptors (Lipinski definition) is 1. The summed E-state index contributed by atoms with van der Waals surface area (Å²) < 4.78 is 1.34. The molecule has 0 amide bonds. The average Bonchev–Trinajstić information content (AvgIpc) is 2.68. The lowest BCUT2D eigenvalue weighted by Crippen LogP contribution is -1.74. The summed E-state index contributed by atoms with van der Waals surface area (Å²) in [5.41, 5.74) is 1.35. The normalized spacial score (nSPS) is 8.77. The Hall–Kier alpha value is -0.840. The number of nitrogens with zero attached hydrogens (tertiary/aromatic N) is 1. The maximum absolute atomic E-state index is 3.67. The zero-order valence-electron chi connectivity index (χ0n) is 7.37. The van der Waals surface area contributed by atoms with E-state index in [2.05, 4.69) is 63.7 Å². The minimum atomic E-state index is 1.34. The van der Waals surface area contributed by atoms with Gasteiger partial charge in [0, 0.05) is 16.0 Å². The molecule has 2 rings (SSSR count). The van der Waals surface area contributed by atoms with Gasteiger partial charge in [0.2, 0.25) is 0 Å². The highest BCUT2D eigenvalue weighted by atomic mass is 127. The molecule has 0 radical (unpaired) electrons. The van der Waals surface area contributed by atoms with Gasteiger partial charge in [-0.25, -0.2) is 4.98 Å². The highest BCUT2D eigenvalue weighted by Crippen LogP contribution is 2.08. The van der Waals surface area contributed by atoms with E-state index in [4.69, 9.17) is 0 Å². The number of benzene rings is 1. The highest BCUT2D eigenvalue weighted by Gasteiger charge is 1.85. The van der Waals surface area contributed by atoms with Crippen LogP contribution in [0.25, 0.3) is 0 Å². The molecule has 0 aliphatic carbocycles. The van der Waals surface area contributed by atoms with E-state index in [9.17, 15) is 0 Å². The molecule has 0 spiro atoms. The van der Waals surface area contributed by atoms with Gasteiger partial charge in [-0.3, -0.25) is 0 Å². The minimum Gasteiger partial charge on any atom is -0.351 e. The Kier molecular flexibility index (Phi) is 4.53. The van der Waals surface area contributed by atoms with Crippen LogP contribution in [0.15, 0.2) is 43.0 Å². The molecule has 0 saturated carbocycles. The van der Waals surface area contributed by atoms with Crippen LogP contribution in [-0.4, -0.2) is 9.97 Å². The van der Waals surface area contributed by atoms with Crippen LogP contribution < -0.4 is 0 Å². The Bertz CT molecular complexity index is 292. The van der Waals surface area contributed by atoms with Crippen molar-refractivity contribution in [3.63, 3.8) is 0 Å². The first-order valence-electron chi connectivity index (χ1n) is 3.94. The molecule has 0 aliphatic rings. The lowest BCUT2D eigenvalue weighted by atomic mass is 10.2. The maximum Gasteiger partial charge on any atom is 0.0919 e. The first-order valence-corrected chi connectivity index (χ1v) is 5.02. The molecule has 0 atom stereocenters. The molecule has 2 aromatic rings. The second-order valence-electron chi connectivity index (χ2n) is 2.51. The van der Waals surface area contributed by atoms with E-state index in [1.54, 1.807) is 18.7 Å². The second kappa shape index (κ2) is 5.75. The van der Waals surface area contributed by atoms with Crippen LogP contribution in [0.3, 0.4) is 0 Å². The van der Waals surface area contributed by atoms with Gasteiger partial charge in [0.15, 0.2) is 0 Å². The van der Waals surface area contributed by atoms with Crippen molar-refractivity contribution in [3.8, 4) is 0 Å². The van der Waals surface area contributed by atoms with Crippen LogP contribution in [-0.2, 0) is 0 Å². The van der Waals surface area contributed by atoms with Crippen molar-refractivity contribution in [1.82, 2.24) is 9.97 Å². The van der Waals surface area contributed by atoms with Gasteiger partial charge in [0.25, 0.3) is 0 Å². The summed E-state index contributed by atoms with van der Waals surface area (Å²) in [7, 11) is 0. The van der Waals surface area contributed by atoms with Crippen LogP contribution in [0.4, 0.5) is 0 Å². The summed E-state index contributed by atoms with van der Waals surface area (Å²) in [5, 5.41) is 0. The fourth-order valence-corrected chi connectivity index (χ4v) is 1.15. The van der Waals surface area contributed by atoms with E-state index in [0.29, 0.717) is 0 Å². The molecule has 3 heteroatoms. The average molecular weight is 286 g/mol. The number of imidazole rings is 1. The molecular formula is C10H11IN2. The zero-order valence-corrected chi connectivity index (χ0v) is 9.52. The van der Waals surface area contributed by atoms with Crippen LogP contribution in [0.2, 0.25) is 0 Å². The van der Waals surface area contributed by atoms with Gasteiger partial charge in [-0.05, 0) is 41.1 Å². The van der Waals surface area contributed by atoms with E-state index < -0.39 is 0 Å². The summed E-state index contributed by atoms with van der Waals surface area (Å²) in [6.45, 7) is 2.11. The van der Waals surface area contributed by atoms with Crippen molar-refractivity contribution in [2.75, 3.05) is 0 Å². The Morgan fingerprint density at radius 1 is 1.31 bits per heavy atom. The molecule has 0 unspecified atom stereocenters. The lowest BCUT2D eigenvalue weighted by Gasteiger charge is -1.91. The minimum absolute atomic E-state index is 1.34. The topological polar surface area (TPSA) is 28.7 Å². The third-order valence-corrected chi connectivity index (χ3v) is 2.69. The molecule has 1 N–H and O–H groups in total. The number of hydrogen-bond donors (Lipinski definition) is 1. The Morgan fingerprint density at radius 3 is 2.38 bits per heavy atom. The highest BCUT2D eigenvalue weighted by molar-refractivity contribution is 14.1. The molecule has 1 aromatic heterocycles. The number of nitrogens with one attached hydrogen (secondary N) is 1. The summed E-state index contributed by atoms with van der Waals surface area (Å²) in [6, 6.07) is 8.32. The molecule has 0 aliphatic heterocycles. The standard InChI is InChI=1S/C7H7I.C3H4N2/c1-6-4-2-3-5-7(6)8;1-2-5-3-4-1/h2-5H,1H3;1-3H,(H,4,5). The van der Waals surface area contributed by atoms with Gasteiger partial charge >= 0.3 is 0 Å². The molecule has 68 valence electrons. The van der Waals surface area contributed by atoms with Crippen molar-refractivity contribution >= 4 is 22.6 Å². The summed E-state index contributed by atoms with van der Waals surface area (Å²) in [6.07, 6.45) is 5.08. The number of halogens is 1. The van der Waals surface area contributed by atoms with Crippen molar-refractivity contribution in [2.45, 2.75) is 6.92 Å². The quantitative estimate of drug-likeness (QED) is 0.741. The Labute approximate surface area is 91.5 Å². The monoisotopic (exact) mass is 286 g/mol. The predicted molar refractivity (Wildman–Crippen MR) is 62.5 cm³/mol. The van der Waals surface area contributed by atoms with E-state index in [0.717, 1.165) is 0 Å². The zero-order chi connectivity index (χ0) is 9.52. The fourth-order valence-electron chi connectivity index (χ4n) is 0.766. The largest absolute Gasteiger partial charge is 0.351 e. The van der Waals surface area contributed by atoms with E-state index >= 15 is 0 Å². The van der Waals surface area contributed by atoms with Gasteiger partial charge in [0.1, 0.15) is 0 Å². The van der Waals surface area contributed by atoms with Gasteiger partial charge in [0.05, 0.1) is 6.33 Å². The predicted octanol–water partition coefficient (Wildman–Crippen LogP) is 3.01. The third kappa shape index (κ3) is 4.07. The number of aromatic nitrogens is 2. The van der Waals surface area contributed by atoms with Gasteiger partial charge in [-0.15, -0.1) is 0 Å². The van der Waals surface area contributed by atoms with E-state index in [1.165, 1.54) is 9.13 Å². The molecular weight excluding hydrogens is 275 g/mol.